The standard InChI is InChI=1S/C22H20BrClFNO3/c1-27-20-8-7-17(11-19(20)24)26-12-15-9-18(23)22(21(10-15)28-2)29-13-14-3-5-16(25)6-4-14/h3-11,26H,12-13H2,1-2H3. The van der Waals surface area contributed by atoms with Crippen molar-refractivity contribution in [2.45, 2.75) is 13.2 Å². The highest BCUT2D eigenvalue weighted by Gasteiger charge is 2.12. The van der Waals surface area contributed by atoms with E-state index in [0.29, 0.717) is 35.4 Å². The van der Waals surface area contributed by atoms with Crippen LogP contribution in [0.5, 0.6) is 17.2 Å². The molecule has 3 aromatic rings. The van der Waals surface area contributed by atoms with Gasteiger partial charge >= 0.3 is 0 Å². The molecular formula is C22H20BrClFNO3. The Morgan fingerprint density at radius 1 is 0.931 bits per heavy atom. The van der Waals surface area contributed by atoms with E-state index in [-0.39, 0.29) is 5.82 Å². The van der Waals surface area contributed by atoms with Gasteiger partial charge in [-0.05, 0) is 69.5 Å². The summed E-state index contributed by atoms with van der Waals surface area (Å²) in [5.41, 5.74) is 2.74. The Labute approximate surface area is 182 Å². The SMILES string of the molecule is COc1ccc(NCc2cc(Br)c(OCc3ccc(F)cc3)c(OC)c2)cc1Cl. The van der Waals surface area contributed by atoms with E-state index in [4.69, 9.17) is 25.8 Å². The molecule has 7 heteroatoms. The quantitative estimate of drug-likeness (QED) is 0.402. The third-order valence-corrected chi connectivity index (χ3v) is 5.12. The predicted molar refractivity (Wildman–Crippen MR) is 117 cm³/mol. The molecule has 4 nitrogen and oxygen atoms in total. The zero-order valence-corrected chi connectivity index (χ0v) is 18.3. The van der Waals surface area contributed by atoms with Crippen molar-refractivity contribution >= 4 is 33.2 Å². The fourth-order valence-corrected chi connectivity index (χ4v) is 3.59. The summed E-state index contributed by atoms with van der Waals surface area (Å²) in [6.07, 6.45) is 0. The lowest BCUT2D eigenvalue weighted by Gasteiger charge is -2.15. The maximum absolute atomic E-state index is 13.0. The number of benzene rings is 3. The molecule has 0 heterocycles. The van der Waals surface area contributed by atoms with Gasteiger partial charge in [0.05, 0.1) is 23.7 Å². The minimum absolute atomic E-state index is 0.275. The Morgan fingerprint density at radius 2 is 1.66 bits per heavy atom. The van der Waals surface area contributed by atoms with Gasteiger partial charge in [0.1, 0.15) is 18.2 Å². The molecule has 0 bridgehead atoms. The van der Waals surface area contributed by atoms with Crippen LogP contribution in [0, 0.1) is 5.82 Å². The average molecular weight is 481 g/mol. The molecule has 0 radical (unpaired) electrons. The highest BCUT2D eigenvalue weighted by Crippen LogP contribution is 2.37. The number of nitrogens with one attached hydrogen (secondary N) is 1. The first-order chi connectivity index (χ1) is 14.0. The number of hydrogen-bond acceptors (Lipinski definition) is 4. The normalized spacial score (nSPS) is 10.5. The van der Waals surface area contributed by atoms with Crippen LogP contribution in [0.1, 0.15) is 11.1 Å². The molecule has 3 rings (SSSR count). The van der Waals surface area contributed by atoms with E-state index < -0.39 is 0 Å². The molecule has 0 aliphatic carbocycles. The summed E-state index contributed by atoms with van der Waals surface area (Å²) in [7, 11) is 3.17. The van der Waals surface area contributed by atoms with Crippen LogP contribution >= 0.6 is 27.5 Å². The number of hydrogen-bond donors (Lipinski definition) is 1. The van der Waals surface area contributed by atoms with Crippen LogP contribution < -0.4 is 19.5 Å². The summed E-state index contributed by atoms with van der Waals surface area (Å²) < 4.78 is 30.4. The van der Waals surface area contributed by atoms with E-state index in [9.17, 15) is 4.39 Å². The Morgan fingerprint density at radius 3 is 2.31 bits per heavy atom. The van der Waals surface area contributed by atoms with E-state index in [2.05, 4.69) is 21.2 Å². The van der Waals surface area contributed by atoms with E-state index in [1.54, 1.807) is 26.4 Å². The molecular weight excluding hydrogens is 461 g/mol. The van der Waals surface area contributed by atoms with Crippen molar-refractivity contribution in [2.24, 2.45) is 0 Å². The van der Waals surface area contributed by atoms with Gasteiger partial charge in [-0.3, -0.25) is 0 Å². The van der Waals surface area contributed by atoms with Crippen molar-refractivity contribution in [2.75, 3.05) is 19.5 Å². The summed E-state index contributed by atoms with van der Waals surface area (Å²) >= 11 is 9.72. The second kappa shape index (κ2) is 9.85. The third kappa shape index (κ3) is 5.55. The highest BCUT2D eigenvalue weighted by molar-refractivity contribution is 9.10. The summed E-state index contributed by atoms with van der Waals surface area (Å²) in [4.78, 5) is 0. The van der Waals surface area contributed by atoms with E-state index >= 15 is 0 Å². The van der Waals surface area contributed by atoms with Gasteiger partial charge in [-0.25, -0.2) is 4.39 Å². The van der Waals surface area contributed by atoms with Gasteiger partial charge in [-0.2, -0.15) is 0 Å². The topological polar surface area (TPSA) is 39.7 Å². The van der Waals surface area contributed by atoms with Crippen LogP contribution in [0.3, 0.4) is 0 Å². The van der Waals surface area contributed by atoms with E-state index in [0.717, 1.165) is 21.3 Å². The number of halogens is 3. The van der Waals surface area contributed by atoms with Crippen LogP contribution in [0.15, 0.2) is 59.1 Å². The molecule has 0 saturated carbocycles. The first-order valence-corrected chi connectivity index (χ1v) is 9.98. The third-order valence-electron chi connectivity index (χ3n) is 4.23. The lowest BCUT2D eigenvalue weighted by molar-refractivity contribution is 0.282. The highest BCUT2D eigenvalue weighted by atomic mass is 79.9. The number of anilines is 1. The van der Waals surface area contributed by atoms with Gasteiger partial charge in [-0.15, -0.1) is 0 Å². The average Bonchev–Trinajstić information content (AvgIpc) is 2.72. The summed E-state index contributed by atoms with van der Waals surface area (Å²) in [6.45, 7) is 0.868. The van der Waals surface area contributed by atoms with Gasteiger partial charge in [-0.1, -0.05) is 23.7 Å². The fourth-order valence-electron chi connectivity index (χ4n) is 2.73. The van der Waals surface area contributed by atoms with Crippen LogP contribution in [-0.2, 0) is 13.2 Å². The van der Waals surface area contributed by atoms with Gasteiger partial charge < -0.3 is 19.5 Å². The first-order valence-electron chi connectivity index (χ1n) is 8.81. The molecule has 0 aliphatic rings. The van der Waals surface area contributed by atoms with E-state index in [1.165, 1.54) is 12.1 Å². The second-order valence-electron chi connectivity index (χ2n) is 6.23. The Hall–Kier alpha value is -2.44. The monoisotopic (exact) mass is 479 g/mol. The predicted octanol–water partition coefficient (Wildman–Crippen LogP) is 6.45. The lowest BCUT2D eigenvalue weighted by atomic mass is 10.2. The second-order valence-corrected chi connectivity index (χ2v) is 7.49. The zero-order valence-electron chi connectivity index (χ0n) is 16.0. The molecule has 1 N–H and O–H groups in total. The van der Waals surface area contributed by atoms with Crippen molar-refractivity contribution in [3.05, 3.63) is 81.0 Å². The lowest BCUT2D eigenvalue weighted by Crippen LogP contribution is -2.03. The Bertz CT molecular complexity index is 983. The Balaban J connectivity index is 1.70. The molecule has 0 saturated heterocycles. The van der Waals surface area contributed by atoms with Crippen molar-refractivity contribution < 1.29 is 18.6 Å². The maximum atomic E-state index is 13.0. The van der Waals surface area contributed by atoms with Gasteiger partial charge in [0.2, 0.25) is 0 Å². The van der Waals surface area contributed by atoms with Gasteiger partial charge in [0, 0.05) is 12.2 Å². The van der Waals surface area contributed by atoms with Crippen LogP contribution in [0.25, 0.3) is 0 Å². The van der Waals surface area contributed by atoms with Crippen molar-refractivity contribution in [1.29, 1.82) is 0 Å². The Kier molecular flexibility index (Phi) is 7.23. The molecule has 0 amide bonds. The molecule has 0 aromatic heterocycles. The number of rotatable bonds is 8. The molecule has 29 heavy (non-hydrogen) atoms. The smallest absolute Gasteiger partial charge is 0.175 e. The minimum Gasteiger partial charge on any atom is -0.495 e. The molecule has 0 spiro atoms. The first kappa shape index (κ1) is 21.3. The fraction of sp³-hybridized carbons (Fsp3) is 0.182. The van der Waals surface area contributed by atoms with E-state index in [1.807, 2.05) is 30.3 Å². The zero-order chi connectivity index (χ0) is 20.8. The van der Waals surface area contributed by atoms with Crippen LogP contribution in [-0.4, -0.2) is 14.2 Å². The van der Waals surface area contributed by atoms with Crippen molar-refractivity contribution in [3.8, 4) is 17.2 Å². The van der Waals surface area contributed by atoms with Crippen LogP contribution in [0.2, 0.25) is 5.02 Å². The largest absolute Gasteiger partial charge is 0.495 e. The van der Waals surface area contributed by atoms with Gasteiger partial charge in [0.25, 0.3) is 0 Å². The molecule has 0 aliphatic heterocycles. The minimum atomic E-state index is -0.275. The summed E-state index contributed by atoms with van der Waals surface area (Å²) in [5, 5.41) is 3.86. The van der Waals surface area contributed by atoms with Gasteiger partial charge in [0.15, 0.2) is 11.5 Å². The van der Waals surface area contributed by atoms with Crippen molar-refractivity contribution in [3.63, 3.8) is 0 Å². The maximum Gasteiger partial charge on any atom is 0.175 e. The molecule has 152 valence electrons. The summed E-state index contributed by atoms with van der Waals surface area (Å²) in [5.74, 6) is 1.55. The van der Waals surface area contributed by atoms with Crippen molar-refractivity contribution in [1.82, 2.24) is 0 Å². The molecule has 0 atom stereocenters. The summed E-state index contributed by atoms with van der Waals surface area (Å²) in [6, 6.07) is 15.6. The molecule has 0 unspecified atom stereocenters. The number of ether oxygens (including phenoxy) is 3. The van der Waals surface area contributed by atoms with Crippen LogP contribution in [0.4, 0.5) is 10.1 Å². The molecule has 0 fully saturated rings. The number of methoxy groups -OCH3 is 2. The molecule has 3 aromatic carbocycles.